The first kappa shape index (κ1) is 19.6. The maximum Gasteiger partial charge on any atom is 0.314 e. The van der Waals surface area contributed by atoms with Crippen LogP contribution in [-0.4, -0.2) is 17.7 Å². The Kier molecular flexibility index (Phi) is 6.22. The van der Waals surface area contributed by atoms with Gasteiger partial charge in [-0.2, -0.15) is 0 Å². The van der Waals surface area contributed by atoms with Crippen molar-refractivity contribution in [2.45, 2.75) is 6.92 Å². The first-order valence-corrected chi connectivity index (χ1v) is 8.83. The van der Waals surface area contributed by atoms with Crippen molar-refractivity contribution in [2.75, 3.05) is 16.0 Å². The van der Waals surface area contributed by atoms with Crippen molar-refractivity contribution in [3.05, 3.63) is 78.9 Å². The van der Waals surface area contributed by atoms with Gasteiger partial charge in [0.2, 0.25) is 5.91 Å². The van der Waals surface area contributed by atoms with Crippen LogP contribution in [0.15, 0.2) is 78.9 Å². The van der Waals surface area contributed by atoms with Crippen LogP contribution in [0.3, 0.4) is 0 Å². The van der Waals surface area contributed by atoms with Gasteiger partial charge in [-0.25, -0.2) is 0 Å². The zero-order valence-electron chi connectivity index (χ0n) is 15.6. The number of hydrogen-bond acceptors (Lipinski definition) is 4. The molecule has 3 amide bonds. The second-order valence-corrected chi connectivity index (χ2v) is 6.08. The summed E-state index contributed by atoms with van der Waals surface area (Å²) in [5.41, 5.74) is 1.39. The van der Waals surface area contributed by atoms with E-state index in [-0.39, 0.29) is 5.91 Å². The number of nitrogens with one attached hydrogen (secondary N) is 3. The minimum Gasteiger partial charge on any atom is -0.455 e. The Balaban J connectivity index is 1.64. The van der Waals surface area contributed by atoms with Crippen LogP contribution in [0, 0.1) is 0 Å². The highest BCUT2D eigenvalue weighted by Crippen LogP contribution is 2.29. The van der Waals surface area contributed by atoms with Gasteiger partial charge in [-0.3, -0.25) is 14.4 Å². The number of ether oxygens (including phenoxy) is 1. The Hall–Kier alpha value is -4.13. The number of amides is 3. The smallest absolute Gasteiger partial charge is 0.314 e. The first-order chi connectivity index (χ1) is 14.0. The number of rotatable bonds is 5. The molecule has 0 unspecified atom stereocenters. The minimum absolute atomic E-state index is 0.197. The zero-order valence-corrected chi connectivity index (χ0v) is 15.6. The molecular weight excluding hydrogens is 370 g/mol. The molecule has 7 nitrogen and oxygen atoms in total. The Morgan fingerprint density at radius 3 is 1.86 bits per heavy atom. The maximum absolute atomic E-state index is 12.3. The van der Waals surface area contributed by atoms with Crippen LogP contribution >= 0.6 is 0 Å². The number of hydrogen-bond donors (Lipinski definition) is 3. The lowest BCUT2D eigenvalue weighted by Crippen LogP contribution is -2.29. The summed E-state index contributed by atoms with van der Waals surface area (Å²) in [6.07, 6.45) is 0. The molecule has 0 aliphatic heterocycles. The normalized spacial score (nSPS) is 9.97. The molecule has 0 aliphatic carbocycles. The monoisotopic (exact) mass is 389 g/mol. The summed E-state index contributed by atoms with van der Waals surface area (Å²) in [5, 5.41) is 7.68. The second kappa shape index (κ2) is 9.18. The molecule has 0 spiro atoms. The summed E-state index contributed by atoms with van der Waals surface area (Å²) in [7, 11) is 0. The van der Waals surface area contributed by atoms with Crippen LogP contribution in [0.25, 0.3) is 0 Å². The van der Waals surface area contributed by atoms with Crippen molar-refractivity contribution in [3.63, 3.8) is 0 Å². The third kappa shape index (κ3) is 5.67. The van der Waals surface area contributed by atoms with Crippen molar-refractivity contribution >= 4 is 34.8 Å². The summed E-state index contributed by atoms with van der Waals surface area (Å²) < 4.78 is 5.77. The lowest BCUT2D eigenvalue weighted by molar-refractivity contribution is -0.133. The minimum atomic E-state index is -0.833. The topological polar surface area (TPSA) is 96.5 Å². The van der Waals surface area contributed by atoms with Gasteiger partial charge >= 0.3 is 11.8 Å². The van der Waals surface area contributed by atoms with Gasteiger partial charge in [0.1, 0.15) is 5.75 Å². The molecule has 0 aromatic heterocycles. The highest BCUT2D eigenvalue weighted by molar-refractivity contribution is 6.43. The van der Waals surface area contributed by atoms with Gasteiger partial charge in [-0.1, -0.05) is 30.3 Å². The molecule has 3 rings (SSSR count). The zero-order chi connectivity index (χ0) is 20.6. The van der Waals surface area contributed by atoms with Crippen molar-refractivity contribution < 1.29 is 19.1 Å². The molecule has 0 bridgehead atoms. The number of para-hydroxylation sites is 3. The van der Waals surface area contributed by atoms with E-state index in [1.165, 1.54) is 6.92 Å². The number of anilines is 3. The molecule has 7 heteroatoms. The summed E-state index contributed by atoms with van der Waals surface area (Å²) >= 11 is 0. The third-order valence-electron chi connectivity index (χ3n) is 3.78. The molecule has 29 heavy (non-hydrogen) atoms. The average Bonchev–Trinajstić information content (AvgIpc) is 2.71. The first-order valence-electron chi connectivity index (χ1n) is 8.83. The van der Waals surface area contributed by atoms with E-state index in [1.807, 2.05) is 18.2 Å². The van der Waals surface area contributed by atoms with E-state index in [1.54, 1.807) is 60.7 Å². The molecule has 0 saturated heterocycles. The molecule has 3 N–H and O–H groups in total. The molecule has 146 valence electrons. The Labute approximate surface area is 167 Å². The van der Waals surface area contributed by atoms with Crippen molar-refractivity contribution in [1.29, 1.82) is 0 Å². The Bertz CT molecular complexity index is 1020. The predicted octanol–water partition coefficient (Wildman–Crippen LogP) is 4.01. The van der Waals surface area contributed by atoms with E-state index in [0.717, 1.165) is 0 Å². The average molecular weight is 389 g/mol. The number of carbonyl (C=O) groups is 3. The summed E-state index contributed by atoms with van der Waals surface area (Å²) in [5.74, 6) is -0.832. The molecule has 0 atom stereocenters. The van der Waals surface area contributed by atoms with E-state index >= 15 is 0 Å². The maximum atomic E-state index is 12.3. The predicted molar refractivity (Wildman–Crippen MR) is 111 cm³/mol. The fraction of sp³-hybridized carbons (Fsp3) is 0.0455. The van der Waals surface area contributed by atoms with E-state index < -0.39 is 11.8 Å². The third-order valence-corrected chi connectivity index (χ3v) is 3.78. The van der Waals surface area contributed by atoms with Crippen LogP contribution in [0.1, 0.15) is 6.92 Å². The van der Waals surface area contributed by atoms with E-state index in [0.29, 0.717) is 28.6 Å². The van der Waals surface area contributed by atoms with Crippen LogP contribution in [0.2, 0.25) is 0 Å². The van der Waals surface area contributed by atoms with Gasteiger partial charge in [0.15, 0.2) is 5.75 Å². The highest BCUT2D eigenvalue weighted by Gasteiger charge is 2.16. The number of carbonyl (C=O) groups excluding carboxylic acids is 3. The van der Waals surface area contributed by atoms with Gasteiger partial charge < -0.3 is 20.7 Å². The van der Waals surface area contributed by atoms with Gasteiger partial charge in [0.05, 0.1) is 5.69 Å². The van der Waals surface area contributed by atoms with Crippen LogP contribution in [0.4, 0.5) is 17.1 Å². The molecule has 0 saturated carbocycles. The van der Waals surface area contributed by atoms with Crippen LogP contribution < -0.4 is 20.7 Å². The molecule has 0 heterocycles. The van der Waals surface area contributed by atoms with Crippen molar-refractivity contribution in [2.24, 2.45) is 0 Å². The van der Waals surface area contributed by atoms with Crippen LogP contribution in [0.5, 0.6) is 11.5 Å². The molecule has 0 aliphatic rings. The Morgan fingerprint density at radius 2 is 1.21 bits per heavy atom. The second-order valence-electron chi connectivity index (χ2n) is 6.08. The summed E-state index contributed by atoms with van der Waals surface area (Å²) in [6.45, 7) is 1.40. The molecule has 0 fully saturated rings. The molecular formula is C22H19N3O4. The van der Waals surface area contributed by atoms with E-state index in [4.69, 9.17) is 4.74 Å². The fourth-order valence-electron chi connectivity index (χ4n) is 2.48. The quantitative estimate of drug-likeness (QED) is 0.574. The van der Waals surface area contributed by atoms with Gasteiger partial charge in [-0.15, -0.1) is 0 Å². The van der Waals surface area contributed by atoms with E-state index in [9.17, 15) is 14.4 Å². The number of benzene rings is 3. The van der Waals surface area contributed by atoms with Gasteiger partial charge in [0, 0.05) is 18.3 Å². The summed E-state index contributed by atoms with van der Waals surface area (Å²) in [4.78, 5) is 35.6. The van der Waals surface area contributed by atoms with Gasteiger partial charge in [0.25, 0.3) is 0 Å². The van der Waals surface area contributed by atoms with Crippen molar-refractivity contribution in [1.82, 2.24) is 0 Å². The molecule has 3 aromatic rings. The Morgan fingerprint density at radius 1 is 0.655 bits per heavy atom. The van der Waals surface area contributed by atoms with Crippen molar-refractivity contribution in [3.8, 4) is 11.5 Å². The van der Waals surface area contributed by atoms with Crippen LogP contribution in [-0.2, 0) is 14.4 Å². The largest absolute Gasteiger partial charge is 0.455 e. The standard InChI is InChI=1S/C22H19N3O4/c1-15(26)23-16-11-13-17(14-12-16)24-21(27)22(28)25-19-9-5-6-10-20(19)29-18-7-3-2-4-8-18/h2-14H,1H3,(H,23,26)(H,24,27)(H,25,28). The lowest BCUT2D eigenvalue weighted by atomic mass is 10.2. The lowest BCUT2D eigenvalue weighted by Gasteiger charge is -2.12. The van der Waals surface area contributed by atoms with E-state index in [2.05, 4.69) is 16.0 Å². The SMILES string of the molecule is CC(=O)Nc1ccc(NC(=O)C(=O)Nc2ccccc2Oc2ccccc2)cc1. The molecule has 0 radical (unpaired) electrons. The van der Waals surface area contributed by atoms with Gasteiger partial charge in [-0.05, 0) is 48.5 Å². The fourth-order valence-corrected chi connectivity index (χ4v) is 2.48. The summed E-state index contributed by atoms with van der Waals surface area (Å²) in [6, 6.07) is 22.4. The highest BCUT2D eigenvalue weighted by atomic mass is 16.5. The molecule has 3 aromatic carbocycles.